The normalized spacial score (nSPS) is 22.6. The lowest BCUT2D eigenvalue weighted by Crippen LogP contribution is -2.00. The zero-order valence-corrected chi connectivity index (χ0v) is 10.6. The first-order chi connectivity index (χ1) is 7.76. The van der Waals surface area contributed by atoms with Crippen LogP contribution < -0.4 is 0 Å². The SMILES string of the molecule is CCCCCC1CC/C(=C\C(=O)OCC)C1. The van der Waals surface area contributed by atoms with Crippen molar-refractivity contribution in [1.82, 2.24) is 0 Å². The van der Waals surface area contributed by atoms with Crippen LogP contribution >= 0.6 is 0 Å². The number of hydrogen-bond donors (Lipinski definition) is 0. The van der Waals surface area contributed by atoms with Crippen molar-refractivity contribution in [3.05, 3.63) is 11.6 Å². The largest absolute Gasteiger partial charge is 0.463 e. The molecule has 92 valence electrons. The molecule has 1 rings (SSSR count). The van der Waals surface area contributed by atoms with Crippen LogP contribution in [0, 0.1) is 5.92 Å². The first kappa shape index (κ1) is 13.3. The Morgan fingerprint density at radius 3 is 2.94 bits per heavy atom. The standard InChI is InChI=1S/C14H24O2/c1-3-5-6-7-12-8-9-13(10-12)11-14(15)16-4-2/h11-12H,3-10H2,1-2H3/b13-11+. The lowest BCUT2D eigenvalue weighted by atomic mass is 9.99. The predicted octanol–water partition coefficient (Wildman–Crippen LogP) is 3.86. The Labute approximate surface area is 99.1 Å². The molecule has 1 saturated carbocycles. The van der Waals surface area contributed by atoms with Gasteiger partial charge in [-0.05, 0) is 32.1 Å². The summed E-state index contributed by atoms with van der Waals surface area (Å²) in [5.41, 5.74) is 1.29. The van der Waals surface area contributed by atoms with Gasteiger partial charge in [-0.25, -0.2) is 4.79 Å². The van der Waals surface area contributed by atoms with E-state index in [2.05, 4.69) is 6.92 Å². The molecule has 0 aliphatic heterocycles. The van der Waals surface area contributed by atoms with Gasteiger partial charge in [-0.3, -0.25) is 0 Å². The molecular formula is C14H24O2. The molecule has 0 N–H and O–H groups in total. The van der Waals surface area contributed by atoms with Crippen LogP contribution in [0.15, 0.2) is 11.6 Å². The molecule has 1 unspecified atom stereocenters. The highest BCUT2D eigenvalue weighted by Crippen LogP contribution is 2.33. The Kier molecular flexibility index (Phi) is 6.20. The van der Waals surface area contributed by atoms with E-state index in [0.29, 0.717) is 6.61 Å². The molecule has 2 heteroatoms. The Bertz CT molecular complexity index is 243. The number of allylic oxidation sites excluding steroid dienone is 1. The summed E-state index contributed by atoms with van der Waals surface area (Å²) >= 11 is 0. The number of unbranched alkanes of at least 4 members (excludes halogenated alkanes) is 2. The van der Waals surface area contributed by atoms with Crippen LogP contribution in [0.5, 0.6) is 0 Å². The molecule has 1 aliphatic rings. The summed E-state index contributed by atoms with van der Waals surface area (Å²) in [7, 11) is 0. The van der Waals surface area contributed by atoms with Gasteiger partial charge in [-0.2, -0.15) is 0 Å². The van der Waals surface area contributed by atoms with E-state index >= 15 is 0 Å². The minimum Gasteiger partial charge on any atom is -0.463 e. The fourth-order valence-electron chi connectivity index (χ4n) is 2.38. The van der Waals surface area contributed by atoms with Gasteiger partial charge in [0.1, 0.15) is 0 Å². The minimum absolute atomic E-state index is 0.160. The van der Waals surface area contributed by atoms with Crippen LogP contribution in [0.2, 0.25) is 0 Å². The average molecular weight is 224 g/mol. The molecule has 0 radical (unpaired) electrons. The molecular weight excluding hydrogens is 200 g/mol. The van der Waals surface area contributed by atoms with Gasteiger partial charge in [-0.15, -0.1) is 0 Å². The number of hydrogen-bond acceptors (Lipinski definition) is 2. The van der Waals surface area contributed by atoms with Gasteiger partial charge in [0.2, 0.25) is 0 Å². The first-order valence-electron chi connectivity index (χ1n) is 6.62. The third-order valence-corrected chi connectivity index (χ3v) is 3.25. The van der Waals surface area contributed by atoms with E-state index in [1.807, 2.05) is 6.92 Å². The number of carbonyl (C=O) groups is 1. The number of esters is 1. The third kappa shape index (κ3) is 4.82. The van der Waals surface area contributed by atoms with Crippen molar-refractivity contribution >= 4 is 5.97 Å². The number of ether oxygens (including phenoxy) is 1. The zero-order valence-electron chi connectivity index (χ0n) is 10.6. The maximum Gasteiger partial charge on any atom is 0.330 e. The maximum atomic E-state index is 11.3. The van der Waals surface area contributed by atoms with Crippen molar-refractivity contribution in [3.8, 4) is 0 Å². The lowest BCUT2D eigenvalue weighted by molar-refractivity contribution is -0.137. The fourth-order valence-corrected chi connectivity index (χ4v) is 2.38. The van der Waals surface area contributed by atoms with Crippen molar-refractivity contribution in [2.45, 2.75) is 58.8 Å². The average Bonchev–Trinajstić information content (AvgIpc) is 2.66. The summed E-state index contributed by atoms with van der Waals surface area (Å²) < 4.78 is 4.92. The molecule has 1 aliphatic carbocycles. The zero-order chi connectivity index (χ0) is 11.8. The van der Waals surface area contributed by atoms with Gasteiger partial charge in [0.05, 0.1) is 6.61 Å². The van der Waals surface area contributed by atoms with Crippen LogP contribution in [-0.2, 0) is 9.53 Å². The highest BCUT2D eigenvalue weighted by Gasteiger charge is 2.19. The summed E-state index contributed by atoms with van der Waals surface area (Å²) in [5, 5.41) is 0. The van der Waals surface area contributed by atoms with Gasteiger partial charge in [0, 0.05) is 6.08 Å². The van der Waals surface area contributed by atoms with E-state index in [9.17, 15) is 4.79 Å². The molecule has 1 atom stereocenters. The minimum atomic E-state index is -0.160. The van der Waals surface area contributed by atoms with Gasteiger partial charge in [-0.1, -0.05) is 38.2 Å². The van der Waals surface area contributed by atoms with Crippen molar-refractivity contribution in [3.63, 3.8) is 0 Å². The van der Waals surface area contributed by atoms with Crippen molar-refractivity contribution < 1.29 is 9.53 Å². The van der Waals surface area contributed by atoms with Crippen molar-refractivity contribution in [1.29, 1.82) is 0 Å². The van der Waals surface area contributed by atoms with Crippen LogP contribution in [0.4, 0.5) is 0 Å². The summed E-state index contributed by atoms with van der Waals surface area (Å²) in [6.45, 7) is 4.56. The molecule has 0 spiro atoms. The third-order valence-electron chi connectivity index (χ3n) is 3.25. The monoisotopic (exact) mass is 224 g/mol. The number of rotatable bonds is 6. The summed E-state index contributed by atoms with van der Waals surface area (Å²) in [6.07, 6.45) is 10.5. The molecule has 0 aromatic heterocycles. The molecule has 0 heterocycles. The van der Waals surface area contributed by atoms with Crippen LogP contribution in [0.25, 0.3) is 0 Å². The predicted molar refractivity (Wildman–Crippen MR) is 66.2 cm³/mol. The van der Waals surface area contributed by atoms with E-state index in [1.165, 1.54) is 37.7 Å². The first-order valence-corrected chi connectivity index (χ1v) is 6.62. The van der Waals surface area contributed by atoms with E-state index in [4.69, 9.17) is 4.74 Å². The molecule has 0 amide bonds. The molecule has 1 fully saturated rings. The lowest BCUT2D eigenvalue weighted by Gasteiger charge is -2.06. The highest BCUT2D eigenvalue weighted by atomic mass is 16.5. The summed E-state index contributed by atoms with van der Waals surface area (Å²) in [4.78, 5) is 11.3. The highest BCUT2D eigenvalue weighted by molar-refractivity contribution is 5.82. The van der Waals surface area contributed by atoms with Crippen LogP contribution in [-0.4, -0.2) is 12.6 Å². The van der Waals surface area contributed by atoms with E-state index < -0.39 is 0 Å². The molecule has 0 aromatic carbocycles. The second-order valence-electron chi connectivity index (χ2n) is 4.66. The van der Waals surface area contributed by atoms with Crippen LogP contribution in [0.3, 0.4) is 0 Å². The Morgan fingerprint density at radius 1 is 1.44 bits per heavy atom. The molecule has 0 bridgehead atoms. The maximum absolute atomic E-state index is 11.3. The number of carbonyl (C=O) groups excluding carboxylic acids is 1. The smallest absolute Gasteiger partial charge is 0.330 e. The van der Waals surface area contributed by atoms with E-state index in [1.54, 1.807) is 6.08 Å². The van der Waals surface area contributed by atoms with E-state index in [-0.39, 0.29) is 5.97 Å². The van der Waals surface area contributed by atoms with Crippen molar-refractivity contribution in [2.75, 3.05) is 6.61 Å². The summed E-state index contributed by atoms with van der Waals surface area (Å²) in [6, 6.07) is 0. The summed E-state index contributed by atoms with van der Waals surface area (Å²) in [5.74, 6) is 0.652. The second kappa shape index (κ2) is 7.48. The second-order valence-corrected chi connectivity index (χ2v) is 4.66. The van der Waals surface area contributed by atoms with Gasteiger partial charge >= 0.3 is 5.97 Å². The fraction of sp³-hybridized carbons (Fsp3) is 0.786. The Balaban J connectivity index is 2.26. The van der Waals surface area contributed by atoms with Crippen molar-refractivity contribution in [2.24, 2.45) is 5.92 Å². The molecule has 16 heavy (non-hydrogen) atoms. The van der Waals surface area contributed by atoms with Gasteiger partial charge in [0.15, 0.2) is 0 Å². The molecule has 2 nitrogen and oxygen atoms in total. The molecule has 0 aromatic rings. The van der Waals surface area contributed by atoms with Gasteiger partial charge in [0.25, 0.3) is 0 Å². The Morgan fingerprint density at radius 2 is 2.25 bits per heavy atom. The molecule has 0 saturated heterocycles. The van der Waals surface area contributed by atoms with Gasteiger partial charge < -0.3 is 4.74 Å². The Hall–Kier alpha value is -0.790. The quantitative estimate of drug-likeness (QED) is 0.389. The van der Waals surface area contributed by atoms with E-state index in [0.717, 1.165) is 18.8 Å². The van der Waals surface area contributed by atoms with Crippen LogP contribution in [0.1, 0.15) is 58.8 Å². The topological polar surface area (TPSA) is 26.3 Å².